The topological polar surface area (TPSA) is 9.23 Å². The van der Waals surface area contributed by atoms with Crippen molar-refractivity contribution in [2.45, 2.75) is 19.8 Å². The highest BCUT2D eigenvalue weighted by Gasteiger charge is 2.05. The van der Waals surface area contributed by atoms with Gasteiger partial charge in [0.2, 0.25) is 0 Å². The van der Waals surface area contributed by atoms with Crippen LogP contribution in [0, 0.1) is 12.7 Å². The van der Waals surface area contributed by atoms with E-state index in [4.69, 9.17) is 4.74 Å². The fourth-order valence-electron chi connectivity index (χ4n) is 1.84. The highest BCUT2D eigenvalue weighted by molar-refractivity contribution is 5.30. The first-order valence-electron chi connectivity index (χ1n) is 6.19. The second-order valence-corrected chi connectivity index (χ2v) is 4.32. The second-order valence-electron chi connectivity index (χ2n) is 4.32. The van der Waals surface area contributed by atoms with E-state index in [1.807, 2.05) is 24.3 Å². The predicted molar refractivity (Wildman–Crippen MR) is 71.4 cm³/mol. The van der Waals surface area contributed by atoms with Gasteiger partial charge >= 0.3 is 0 Å². The van der Waals surface area contributed by atoms with Crippen LogP contribution in [0.3, 0.4) is 0 Å². The summed E-state index contributed by atoms with van der Waals surface area (Å²) in [5.74, 6) is 0.0975. The SMILES string of the molecule is Cc1cccc(OCCCc2ccccc2)c1F. The molecule has 0 aliphatic rings. The van der Waals surface area contributed by atoms with Crippen molar-refractivity contribution >= 4 is 0 Å². The molecule has 0 fully saturated rings. The molecule has 0 aliphatic heterocycles. The van der Waals surface area contributed by atoms with Crippen LogP contribution in [0.15, 0.2) is 48.5 Å². The van der Waals surface area contributed by atoms with E-state index in [0.29, 0.717) is 17.9 Å². The van der Waals surface area contributed by atoms with Crippen molar-refractivity contribution in [2.75, 3.05) is 6.61 Å². The number of ether oxygens (including phenoxy) is 1. The minimum Gasteiger partial charge on any atom is -0.490 e. The lowest BCUT2D eigenvalue weighted by Gasteiger charge is -2.08. The van der Waals surface area contributed by atoms with Gasteiger partial charge in [0.1, 0.15) is 0 Å². The molecule has 0 radical (unpaired) electrons. The highest BCUT2D eigenvalue weighted by Crippen LogP contribution is 2.19. The van der Waals surface area contributed by atoms with E-state index >= 15 is 0 Å². The van der Waals surface area contributed by atoms with Gasteiger partial charge in [0, 0.05) is 0 Å². The van der Waals surface area contributed by atoms with Crippen LogP contribution in [-0.2, 0) is 6.42 Å². The summed E-state index contributed by atoms with van der Waals surface area (Å²) in [6.07, 6.45) is 1.84. The second kappa shape index (κ2) is 6.20. The molecular formula is C16H17FO. The molecule has 2 rings (SSSR count). The Kier molecular flexibility index (Phi) is 4.35. The number of aryl methyl sites for hydroxylation is 2. The third kappa shape index (κ3) is 3.33. The van der Waals surface area contributed by atoms with Gasteiger partial charge in [0.05, 0.1) is 6.61 Å². The van der Waals surface area contributed by atoms with Gasteiger partial charge in [0.25, 0.3) is 0 Å². The molecule has 0 aliphatic carbocycles. The van der Waals surface area contributed by atoms with E-state index in [9.17, 15) is 4.39 Å². The molecule has 2 aromatic rings. The van der Waals surface area contributed by atoms with Crippen molar-refractivity contribution in [2.24, 2.45) is 0 Å². The number of benzene rings is 2. The first-order valence-corrected chi connectivity index (χ1v) is 6.19. The van der Waals surface area contributed by atoms with Gasteiger partial charge in [0.15, 0.2) is 11.6 Å². The summed E-state index contributed by atoms with van der Waals surface area (Å²) in [6.45, 7) is 2.28. The number of rotatable bonds is 5. The molecule has 0 heterocycles. The zero-order chi connectivity index (χ0) is 12.8. The fraction of sp³-hybridized carbons (Fsp3) is 0.250. The molecule has 0 aromatic heterocycles. The normalized spacial score (nSPS) is 10.3. The van der Waals surface area contributed by atoms with E-state index < -0.39 is 0 Å². The van der Waals surface area contributed by atoms with Crippen molar-refractivity contribution in [1.29, 1.82) is 0 Å². The molecule has 94 valence electrons. The van der Waals surface area contributed by atoms with Crippen molar-refractivity contribution < 1.29 is 9.13 Å². The van der Waals surface area contributed by atoms with Crippen molar-refractivity contribution in [3.8, 4) is 5.75 Å². The molecule has 0 atom stereocenters. The first kappa shape index (κ1) is 12.6. The van der Waals surface area contributed by atoms with Crippen LogP contribution in [0.4, 0.5) is 4.39 Å². The van der Waals surface area contributed by atoms with Crippen LogP contribution in [0.5, 0.6) is 5.75 Å². The Labute approximate surface area is 107 Å². The van der Waals surface area contributed by atoms with Gasteiger partial charge in [-0.2, -0.15) is 0 Å². The molecule has 0 spiro atoms. The van der Waals surface area contributed by atoms with Crippen LogP contribution >= 0.6 is 0 Å². The highest BCUT2D eigenvalue weighted by atomic mass is 19.1. The first-order chi connectivity index (χ1) is 8.77. The third-order valence-corrected chi connectivity index (χ3v) is 2.87. The Balaban J connectivity index is 1.81. The maximum absolute atomic E-state index is 13.6. The molecule has 0 unspecified atom stereocenters. The van der Waals surface area contributed by atoms with Gasteiger partial charge in [-0.3, -0.25) is 0 Å². The number of hydrogen-bond donors (Lipinski definition) is 0. The van der Waals surface area contributed by atoms with Gasteiger partial charge in [-0.1, -0.05) is 42.5 Å². The number of halogens is 1. The zero-order valence-corrected chi connectivity index (χ0v) is 10.5. The molecular weight excluding hydrogens is 227 g/mol. The summed E-state index contributed by atoms with van der Waals surface area (Å²) >= 11 is 0. The largest absolute Gasteiger partial charge is 0.490 e. The van der Waals surface area contributed by atoms with E-state index in [1.54, 1.807) is 19.1 Å². The molecule has 0 N–H and O–H groups in total. The summed E-state index contributed by atoms with van der Waals surface area (Å²) in [7, 11) is 0. The van der Waals surface area contributed by atoms with Gasteiger partial charge in [-0.05, 0) is 37.0 Å². The summed E-state index contributed by atoms with van der Waals surface area (Å²) < 4.78 is 19.1. The van der Waals surface area contributed by atoms with E-state index in [-0.39, 0.29) is 5.82 Å². The predicted octanol–water partition coefficient (Wildman–Crippen LogP) is 4.15. The molecule has 1 nitrogen and oxygen atoms in total. The van der Waals surface area contributed by atoms with Crippen LogP contribution in [0.2, 0.25) is 0 Å². The lowest BCUT2D eigenvalue weighted by Crippen LogP contribution is -2.01. The summed E-state index contributed by atoms with van der Waals surface area (Å²) in [5, 5.41) is 0. The fourth-order valence-corrected chi connectivity index (χ4v) is 1.84. The maximum Gasteiger partial charge on any atom is 0.167 e. The third-order valence-electron chi connectivity index (χ3n) is 2.87. The lowest BCUT2D eigenvalue weighted by atomic mass is 10.1. The minimum atomic E-state index is -0.253. The summed E-state index contributed by atoms with van der Waals surface area (Å²) in [4.78, 5) is 0. The van der Waals surface area contributed by atoms with E-state index in [1.165, 1.54) is 5.56 Å². The average molecular weight is 244 g/mol. The van der Waals surface area contributed by atoms with Crippen LogP contribution < -0.4 is 4.74 Å². The van der Waals surface area contributed by atoms with Gasteiger partial charge in [-0.15, -0.1) is 0 Å². The Morgan fingerprint density at radius 1 is 1.00 bits per heavy atom. The molecule has 2 aromatic carbocycles. The Hall–Kier alpha value is -1.83. The van der Waals surface area contributed by atoms with Crippen LogP contribution in [0.1, 0.15) is 17.5 Å². The standard InChI is InChI=1S/C16H17FO/c1-13-7-5-11-15(16(13)17)18-12-6-10-14-8-3-2-4-9-14/h2-5,7-9,11H,6,10,12H2,1H3. The van der Waals surface area contributed by atoms with Gasteiger partial charge < -0.3 is 4.74 Å². The summed E-state index contributed by atoms with van der Waals surface area (Å²) in [6, 6.07) is 15.5. The molecule has 18 heavy (non-hydrogen) atoms. The van der Waals surface area contributed by atoms with E-state index in [2.05, 4.69) is 12.1 Å². The zero-order valence-electron chi connectivity index (χ0n) is 10.5. The van der Waals surface area contributed by atoms with E-state index in [0.717, 1.165) is 12.8 Å². The molecule has 0 saturated carbocycles. The van der Waals surface area contributed by atoms with Crippen LogP contribution in [0.25, 0.3) is 0 Å². The number of hydrogen-bond acceptors (Lipinski definition) is 1. The quantitative estimate of drug-likeness (QED) is 0.718. The Bertz CT molecular complexity index is 494. The molecule has 2 heteroatoms. The van der Waals surface area contributed by atoms with Crippen molar-refractivity contribution in [1.82, 2.24) is 0 Å². The van der Waals surface area contributed by atoms with Gasteiger partial charge in [-0.25, -0.2) is 4.39 Å². The van der Waals surface area contributed by atoms with Crippen molar-refractivity contribution in [3.05, 3.63) is 65.5 Å². The smallest absolute Gasteiger partial charge is 0.167 e. The monoisotopic (exact) mass is 244 g/mol. The molecule has 0 bridgehead atoms. The summed E-state index contributed by atoms with van der Waals surface area (Å²) in [5.41, 5.74) is 1.90. The molecule has 0 saturated heterocycles. The Morgan fingerprint density at radius 3 is 2.56 bits per heavy atom. The average Bonchev–Trinajstić information content (AvgIpc) is 2.40. The molecule has 0 amide bonds. The maximum atomic E-state index is 13.6. The lowest BCUT2D eigenvalue weighted by molar-refractivity contribution is 0.295. The minimum absolute atomic E-state index is 0.253. The van der Waals surface area contributed by atoms with Crippen LogP contribution in [-0.4, -0.2) is 6.61 Å². The van der Waals surface area contributed by atoms with Crippen molar-refractivity contribution in [3.63, 3.8) is 0 Å². The Morgan fingerprint density at radius 2 is 1.78 bits per heavy atom.